The predicted octanol–water partition coefficient (Wildman–Crippen LogP) is 3.48. The van der Waals surface area contributed by atoms with Crippen LogP contribution in [0.2, 0.25) is 5.15 Å². The van der Waals surface area contributed by atoms with Crippen molar-refractivity contribution in [2.24, 2.45) is 0 Å². The molecule has 3 aromatic rings. The third-order valence-electron chi connectivity index (χ3n) is 4.44. The molecule has 0 bridgehead atoms. The standard InChI is InChI=1S/C16H17ClN4O2S2/c1-11-9-18-21(10-11)12-4-6-20(7-5-12)25(22,23)16-8-13-14(24-16)2-3-15(17)19-13/h2-3,8-10,12H,4-7H2,1H3. The quantitative estimate of drug-likeness (QED) is 0.635. The van der Waals surface area contributed by atoms with Gasteiger partial charge in [0.15, 0.2) is 0 Å². The number of rotatable bonds is 3. The Bertz CT molecular complexity index is 1020. The van der Waals surface area contributed by atoms with Crippen LogP contribution in [0.5, 0.6) is 0 Å². The minimum absolute atomic E-state index is 0.253. The minimum Gasteiger partial charge on any atom is -0.269 e. The second kappa shape index (κ2) is 6.35. The fourth-order valence-electron chi connectivity index (χ4n) is 3.11. The molecule has 4 heterocycles. The molecule has 9 heteroatoms. The van der Waals surface area contributed by atoms with Crippen LogP contribution < -0.4 is 0 Å². The van der Waals surface area contributed by atoms with Gasteiger partial charge in [0.05, 0.1) is 22.5 Å². The van der Waals surface area contributed by atoms with E-state index in [-0.39, 0.29) is 6.04 Å². The highest BCUT2D eigenvalue weighted by Crippen LogP contribution is 2.33. The van der Waals surface area contributed by atoms with Crippen LogP contribution in [0, 0.1) is 6.92 Å². The molecule has 0 amide bonds. The van der Waals surface area contributed by atoms with Crippen molar-refractivity contribution in [2.45, 2.75) is 30.0 Å². The summed E-state index contributed by atoms with van der Waals surface area (Å²) in [5.74, 6) is 0. The Kier molecular flexibility index (Phi) is 4.31. The summed E-state index contributed by atoms with van der Waals surface area (Å²) >= 11 is 7.13. The zero-order valence-corrected chi connectivity index (χ0v) is 16.0. The molecule has 25 heavy (non-hydrogen) atoms. The monoisotopic (exact) mass is 396 g/mol. The molecular formula is C16H17ClN4O2S2. The van der Waals surface area contributed by atoms with Crippen molar-refractivity contribution in [3.63, 3.8) is 0 Å². The maximum absolute atomic E-state index is 12.9. The summed E-state index contributed by atoms with van der Waals surface area (Å²) in [5.41, 5.74) is 1.74. The SMILES string of the molecule is Cc1cnn(C2CCN(S(=O)(=O)c3cc4nc(Cl)ccc4s3)CC2)c1. The molecule has 4 rings (SSSR count). The summed E-state index contributed by atoms with van der Waals surface area (Å²) in [6.07, 6.45) is 5.36. The van der Waals surface area contributed by atoms with E-state index < -0.39 is 10.0 Å². The first kappa shape index (κ1) is 17.0. The maximum atomic E-state index is 12.9. The number of fused-ring (bicyclic) bond motifs is 1. The number of sulfonamides is 1. The molecule has 132 valence electrons. The first-order valence-corrected chi connectivity index (χ1v) is 10.6. The van der Waals surface area contributed by atoms with Crippen molar-refractivity contribution in [3.8, 4) is 0 Å². The van der Waals surface area contributed by atoms with Crippen molar-refractivity contribution in [2.75, 3.05) is 13.1 Å². The Morgan fingerprint density at radius 1 is 1.28 bits per heavy atom. The molecule has 0 unspecified atom stereocenters. The Morgan fingerprint density at radius 3 is 2.72 bits per heavy atom. The van der Waals surface area contributed by atoms with Gasteiger partial charge in [-0.25, -0.2) is 13.4 Å². The fourth-order valence-corrected chi connectivity index (χ4v) is 6.21. The highest BCUT2D eigenvalue weighted by Gasteiger charge is 2.31. The molecule has 0 spiro atoms. The van der Waals surface area contributed by atoms with Crippen LogP contribution in [0.3, 0.4) is 0 Å². The Balaban J connectivity index is 1.54. The first-order valence-electron chi connectivity index (χ1n) is 8.00. The molecule has 0 saturated carbocycles. The van der Waals surface area contributed by atoms with Crippen LogP contribution >= 0.6 is 22.9 Å². The van der Waals surface area contributed by atoms with Gasteiger partial charge in [-0.05, 0) is 43.5 Å². The second-order valence-electron chi connectivity index (χ2n) is 6.22. The molecule has 0 aromatic carbocycles. The average molecular weight is 397 g/mol. The lowest BCUT2D eigenvalue weighted by atomic mass is 10.1. The van der Waals surface area contributed by atoms with Gasteiger partial charge in [0.2, 0.25) is 0 Å². The van der Waals surface area contributed by atoms with E-state index in [1.807, 2.05) is 24.0 Å². The van der Waals surface area contributed by atoms with E-state index in [0.29, 0.717) is 28.0 Å². The van der Waals surface area contributed by atoms with Crippen LogP contribution in [0.1, 0.15) is 24.4 Å². The van der Waals surface area contributed by atoms with Crippen LogP contribution in [0.15, 0.2) is 34.8 Å². The van der Waals surface area contributed by atoms with Gasteiger partial charge in [0.1, 0.15) is 9.36 Å². The molecule has 1 aliphatic heterocycles. The van der Waals surface area contributed by atoms with Gasteiger partial charge in [0.25, 0.3) is 10.0 Å². The third kappa shape index (κ3) is 3.19. The molecule has 0 radical (unpaired) electrons. The molecular weight excluding hydrogens is 380 g/mol. The van der Waals surface area contributed by atoms with Gasteiger partial charge in [-0.15, -0.1) is 11.3 Å². The van der Waals surface area contributed by atoms with Crippen molar-refractivity contribution in [1.82, 2.24) is 19.1 Å². The van der Waals surface area contributed by atoms with E-state index in [1.54, 1.807) is 22.5 Å². The lowest BCUT2D eigenvalue weighted by Gasteiger charge is -2.30. The summed E-state index contributed by atoms with van der Waals surface area (Å²) < 4.78 is 30.5. The zero-order valence-electron chi connectivity index (χ0n) is 13.6. The van der Waals surface area contributed by atoms with Gasteiger partial charge < -0.3 is 0 Å². The molecule has 1 fully saturated rings. The molecule has 0 N–H and O–H groups in total. The van der Waals surface area contributed by atoms with Gasteiger partial charge in [-0.3, -0.25) is 4.68 Å². The number of hydrogen-bond acceptors (Lipinski definition) is 5. The number of halogens is 1. The summed E-state index contributed by atoms with van der Waals surface area (Å²) in [5, 5.41) is 4.72. The number of hydrogen-bond donors (Lipinski definition) is 0. The summed E-state index contributed by atoms with van der Waals surface area (Å²) in [7, 11) is -3.50. The van der Waals surface area contributed by atoms with Crippen LogP contribution in [0.25, 0.3) is 10.2 Å². The van der Waals surface area contributed by atoms with Gasteiger partial charge in [0, 0.05) is 19.3 Å². The summed E-state index contributed by atoms with van der Waals surface area (Å²) in [6, 6.07) is 5.35. The van der Waals surface area contributed by atoms with Gasteiger partial charge in [-0.1, -0.05) is 11.6 Å². The lowest BCUT2D eigenvalue weighted by molar-refractivity contribution is 0.261. The molecule has 6 nitrogen and oxygen atoms in total. The number of piperidine rings is 1. The van der Waals surface area contributed by atoms with E-state index >= 15 is 0 Å². The highest BCUT2D eigenvalue weighted by atomic mass is 35.5. The fraction of sp³-hybridized carbons (Fsp3) is 0.375. The topological polar surface area (TPSA) is 68.1 Å². The van der Waals surface area contributed by atoms with Gasteiger partial charge >= 0.3 is 0 Å². The molecule has 3 aromatic heterocycles. The zero-order chi connectivity index (χ0) is 17.6. The number of nitrogens with zero attached hydrogens (tertiary/aromatic N) is 4. The Morgan fingerprint density at radius 2 is 2.04 bits per heavy atom. The predicted molar refractivity (Wildman–Crippen MR) is 98.6 cm³/mol. The molecule has 1 saturated heterocycles. The number of thiophene rings is 1. The van der Waals surface area contributed by atoms with E-state index in [0.717, 1.165) is 23.1 Å². The number of aryl methyl sites for hydroxylation is 1. The van der Waals surface area contributed by atoms with Crippen LogP contribution in [-0.2, 0) is 10.0 Å². The number of aromatic nitrogens is 3. The summed E-state index contributed by atoms with van der Waals surface area (Å²) in [4.78, 5) is 4.19. The average Bonchev–Trinajstić information content (AvgIpc) is 3.21. The van der Waals surface area contributed by atoms with Crippen molar-refractivity contribution < 1.29 is 8.42 Å². The van der Waals surface area contributed by atoms with E-state index in [4.69, 9.17) is 11.6 Å². The Labute approximate surface area is 155 Å². The largest absolute Gasteiger partial charge is 0.269 e. The van der Waals surface area contributed by atoms with E-state index in [2.05, 4.69) is 10.1 Å². The van der Waals surface area contributed by atoms with E-state index in [9.17, 15) is 8.42 Å². The third-order valence-corrected chi connectivity index (χ3v) is 8.09. The van der Waals surface area contributed by atoms with Crippen molar-refractivity contribution in [1.29, 1.82) is 0 Å². The summed E-state index contributed by atoms with van der Waals surface area (Å²) in [6.45, 7) is 2.99. The lowest BCUT2D eigenvalue weighted by Crippen LogP contribution is -2.38. The molecule has 0 aliphatic carbocycles. The minimum atomic E-state index is -3.50. The number of pyridine rings is 1. The van der Waals surface area contributed by atoms with Crippen molar-refractivity contribution >= 4 is 43.2 Å². The second-order valence-corrected chi connectivity index (χ2v) is 9.85. The smallest absolute Gasteiger partial charge is 0.252 e. The maximum Gasteiger partial charge on any atom is 0.252 e. The molecule has 1 aliphatic rings. The van der Waals surface area contributed by atoms with Crippen LogP contribution in [-0.4, -0.2) is 40.6 Å². The Hall–Kier alpha value is -1.48. The highest BCUT2D eigenvalue weighted by molar-refractivity contribution is 7.91. The molecule has 0 atom stereocenters. The van der Waals surface area contributed by atoms with E-state index in [1.165, 1.54) is 11.3 Å². The first-order chi connectivity index (χ1) is 11.9. The van der Waals surface area contributed by atoms with Gasteiger partial charge in [-0.2, -0.15) is 9.40 Å². The van der Waals surface area contributed by atoms with Crippen molar-refractivity contribution in [3.05, 3.63) is 41.3 Å². The van der Waals surface area contributed by atoms with Crippen LogP contribution in [0.4, 0.5) is 0 Å². The normalized spacial score (nSPS) is 17.4.